The number of amides is 1. The van der Waals surface area contributed by atoms with Crippen molar-refractivity contribution in [1.82, 2.24) is 25.3 Å². The first-order valence-electron chi connectivity index (χ1n) is 9.61. The minimum absolute atomic E-state index is 0.0310. The van der Waals surface area contributed by atoms with E-state index in [9.17, 15) is 4.79 Å². The van der Waals surface area contributed by atoms with E-state index >= 15 is 0 Å². The van der Waals surface area contributed by atoms with Crippen LogP contribution < -0.4 is 10.9 Å². The van der Waals surface area contributed by atoms with Gasteiger partial charge in [-0.2, -0.15) is 0 Å². The average molecular weight is 353 g/mol. The Morgan fingerprint density at radius 3 is 2.96 bits per heavy atom. The number of nitrogens with zero attached hydrogens (tertiary/aromatic N) is 3. The van der Waals surface area contributed by atoms with E-state index in [2.05, 4.69) is 50.6 Å². The quantitative estimate of drug-likeness (QED) is 0.883. The Bertz CT molecular complexity index is 744. The molecule has 1 amide bonds. The smallest absolute Gasteiger partial charge is 0.229 e. The van der Waals surface area contributed by atoms with Crippen molar-refractivity contribution in [2.75, 3.05) is 19.6 Å². The highest BCUT2D eigenvalue weighted by Gasteiger charge is 2.38. The molecule has 1 aromatic heterocycles. The number of aromatic nitrogens is 2. The van der Waals surface area contributed by atoms with Crippen LogP contribution in [0.25, 0.3) is 0 Å². The molecule has 6 heteroatoms. The number of aryl methyl sites for hydroxylation is 1. The van der Waals surface area contributed by atoms with Crippen LogP contribution in [-0.2, 0) is 11.2 Å². The van der Waals surface area contributed by atoms with Crippen molar-refractivity contribution in [3.63, 3.8) is 0 Å². The number of rotatable bonds is 4. The molecule has 1 aromatic carbocycles. The summed E-state index contributed by atoms with van der Waals surface area (Å²) in [5.74, 6) is 1.29. The van der Waals surface area contributed by atoms with Gasteiger partial charge in [-0.1, -0.05) is 37.3 Å². The van der Waals surface area contributed by atoms with Gasteiger partial charge in [-0.3, -0.25) is 10.2 Å². The number of hydrogen-bond donors (Lipinski definition) is 2. The monoisotopic (exact) mass is 353 g/mol. The van der Waals surface area contributed by atoms with Crippen molar-refractivity contribution < 1.29 is 4.79 Å². The lowest BCUT2D eigenvalue weighted by molar-refractivity contribution is -0.137. The molecule has 26 heavy (non-hydrogen) atoms. The second-order valence-electron chi connectivity index (χ2n) is 7.20. The molecule has 0 bridgehead atoms. The number of benzene rings is 1. The Balaban J connectivity index is 1.49. The minimum atomic E-state index is -0.0652. The van der Waals surface area contributed by atoms with Crippen LogP contribution in [-0.4, -0.2) is 40.0 Å². The van der Waals surface area contributed by atoms with E-state index in [1.165, 1.54) is 0 Å². The number of hydrazine groups is 1. The summed E-state index contributed by atoms with van der Waals surface area (Å²) in [5.41, 5.74) is 7.63. The molecule has 0 saturated carbocycles. The highest BCUT2D eigenvalue weighted by Crippen LogP contribution is 2.29. The van der Waals surface area contributed by atoms with Crippen LogP contribution in [0.15, 0.2) is 42.7 Å². The normalized spacial score (nSPS) is 26.2. The molecular formula is C20H27N5O. The van der Waals surface area contributed by atoms with E-state index < -0.39 is 0 Å². The van der Waals surface area contributed by atoms with Crippen LogP contribution in [0, 0.1) is 5.92 Å². The second-order valence-corrected chi connectivity index (χ2v) is 7.20. The molecule has 2 saturated heterocycles. The van der Waals surface area contributed by atoms with Gasteiger partial charge in [0.15, 0.2) is 0 Å². The Labute approximate surface area is 154 Å². The maximum absolute atomic E-state index is 13.3. The first-order valence-corrected chi connectivity index (χ1v) is 9.61. The van der Waals surface area contributed by atoms with Crippen molar-refractivity contribution >= 4 is 5.91 Å². The van der Waals surface area contributed by atoms with Gasteiger partial charge in [0.05, 0.1) is 18.0 Å². The molecule has 0 spiro atoms. The van der Waals surface area contributed by atoms with Gasteiger partial charge < -0.3 is 9.47 Å². The second kappa shape index (κ2) is 7.60. The fourth-order valence-electron chi connectivity index (χ4n) is 4.27. The van der Waals surface area contributed by atoms with Crippen LogP contribution in [0.4, 0.5) is 0 Å². The topological polar surface area (TPSA) is 62.2 Å². The van der Waals surface area contributed by atoms with Crippen molar-refractivity contribution in [3.8, 4) is 0 Å². The Hall–Kier alpha value is -2.18. The molecular weight excluding hydrogens is 326 g/mol. The van der Waals surface area contributed by atoms with Gasteiger partial charge in [0, 0.05) is 38.4 Å². The average Bonchev–Trinajstić information content (AvgIpc) is 3.37. The van der Waals surface area contributed by atoms with E-state index in [1.807, 2.05) is 24.4 Å². The molecule has 0 radical (unpaired) electrons. The number of hydrogen-bond acceptors (Lipinski definition) is 4. The zero-order valence-electron chi connectivity index (χ0n) is 15.3. The van der Waals surface area contributed by atoms with Crippen LogP contribution >= 0.6 is 0 Å². The van der Waals surface area contributed by atoms with E-state index in [-0.39, 0.29) is 17.9 Å². The van der Waals surface area contributed by atoms with Crippen molar-refractivity contribution in [2.45, 2.75) is 38.3 Å². The summed E-state index contributed by atoms with van der Waals surface area (Å²) in [5, 5.41) is 0. The maximum atomic E-state index is 13.3. The number of carbonyl (C=O) groups is 1. The van der Waals surface area contributed by atoms with Gasteiger partial charge in [-0.15, -0.1) is 0 Å². The molecule has 0 aliphatic carbocycles. The van der Waals surface area contributed by atoms with Gasteiger partial charge in [0.1, 0.15) is 5.82 Å². The minimum Gasteiger partial charge on any atom is -0.340 e. The Morgan fingerprint density at radius 2 is 2.15 bits per heavy atom. The van der Waals surface area contributed by atoms with E-state index in [4.69, 9.17) is 0 Å². The summed E-state index contributed by atoms with van der Waals surface area (Å²) < 4.78 is 2.26. The summed E-state index contributed by atoms with van der Waals surface area (Å²) in [6.45, 7) is 4.43. The third-order valence-electron chi connectivity index (χ3n) is 5.62. The third kappa shape index (κ3) is 3.27. The molecule has 2 aromatic rings. The van der Waals surface area contributed by atoms with E-state index in [0.717, 1.165) is 43.7 Å². The Morgan fingerprint density at radius 1 is 1.31 bits per heavy atom. The van der Waals surface area contributed by atoms with Gasteiger partial charge in [0.2, 0.25) is 5.91 Å². The lowest BCUT2D eigenvalue weighted by atomic mass is 9.92. The van der Waals surface area contributed by atoms with E-state index in [0.29, 0.717) is 12.6 Å². The van der Waals surface area contributed by atoms with Crippen molar-refractivity contribution in [3.05, 3.63) is 54.1 Å². The molecule has 2 fully saturated rings. The summed E-state index contributed by atoms with van der Waals surface area (Å²) >= 11 is 0. The first kappa shape index (κ1) is 17.2. The number of imidazole rings is 1. The van der Waals surface area contributed by atoms with Crippen LogP contribution in [0.5, 0.6) is 0 Å². The molecule has 2 N–H and O–H groups in total. The zero-order valence-corrected chi connectivity index (χ0v) is 15.3. The lowest BCUT2D eigenvalue weighted by Crippen LogP contribution is -2.45. The fourth-order valence-corrected chi connectivity index (χ4v) is 4.27. The van der Waals surface area contributed by atoms with Crippen LogP contribution in [0.3, 0.4) is 0 Å². The number of piperidine rings is 1. The number of likely N-dealkylation sites (tertiary alicyclic amines) is 1. The summed E-state index contributed by atoms with van der Waals surface area (Å²) in [6.07, 6.45) is 7.00. The highest BCUT2D eigenvalue weighted by atomic mass is 16.2. The van der Waals surface area contributed by atoms with E-state index in [1.54, 1.807) is 0 Å². The predicted molar refractivity (Wildman–Crippen MR) is 100 cm³/mol. The van der Waals surface area contributed by atoms with Gasteiger partial charge >= 0.3 is 0 Å². The largest absolute Gasteiger partial charge is 0.340 e. The third-order valence-corrected chi connectivity index (χ3v) is 5.62. The standard InChI is InChI=1S/C20H27N5O/c1-2-18-21-10-12-25(18)16-9-6-11-24(14-16)20(26)17-13-22-23-19(17)15-7-4-3-5-8-15/h3-5,7-8,10,12,16-17,19,22-23H,2,6,9,11,13-14H2,1H3. The van der Waals surface area contributed by atoms with Crippen molar-refractivity contribution in [1.29, 1.82) is 0 Å². The van der Waals surface area contributed by atoms with Gasteiger partial charge in [-0.25, -0.2) is 10.4 Å². The first-order chi connectivity index (χ1) is 12.8. The maximum Gasteiger partial charge on any atom is 0.229 e. The summed E-state index contributed by atoms with van der Waals surface area (Å²) in [7, 11) is 0. The highest BCUT2D eigenvalue weighted by molar-refractivity contribution is 5.80. The zero-order chi connectivity index (χ0) is 17.9. The molecule has 138 valence electrons. The summed E-state index contributed by atoms with van der Waals surface area (Å²) in [4.78, 5) is 19.8. The molecule has 4 rings (SSSR count). The van der Waals surface area contributed by atoms with Crippen LogP contribution in [0.1, 0.15) is 43.2 Å². The molecule has 3 atom stereocenters. The molecule has 6 nitrogen and oxygen atoms in total. The molecule has 3 heterocycles. The van der Waals surface area contributed by atoms with Gasteiger partial charge in [0.25, 0.3) is 0 Å². The summed E-state index contributed by atoms with van der Waals surface area (Å²) in [6, 6.07) is 10.6. The molecule has 2 aliphatic heterocycles. The molecule has 3 unspecified atom stereocenters. The van der Waals surface area contributed by atoms with Crippen LogP contribution in [0.2, 0.25) is 0 Å². The predicted octanol–water partition coefficient (Wildman–Crippen LogP) is 2.07. The lowest BCUT2D eigenvalue weighted by Gasteiger charge is -2.36. The fraction of sp³-hybridized carbons (Fsp3) is 0.500. The van der Waals surface area contributed by atoms with Crippen molar-refractivity contribution in [2.24, 2.45) is 5.92 Å². The Kier molecular flexibility index (Phi) is 5.04. The SMILES string of the molecule is CCc1nccn1C1CCCN(C(=O)C2CNNC2c2ccccc2)C1. The number of carbonyl (C=O) groups excluding carboxylic acids is 1. The number of nitrogens with one attached hydrogen (secondary N) is 2. The molecule has 2 aliphatic rings. The van der Waals surface area contributed by atoms with Gasteiger partial charge in [-0.05, 0) is 18.4 Å².